The number of hydrogen-bond donors (Lipinski definition) is 3. The van der Waals surface area contributed by atoms with Gasteiger partial charge < -0.3 is 15.3 Å². The van der Waals surface area contributed by atoms with Crippen LogP contribution < -0.4 is 0 Å². The minimum Gasteiger partial charge on any atom is -0.478 e. The Kier molecular flexibility index (Phi) is 6.68. The number of carboxylic acid groups (broad SMARTS) is 1. The van der Waals surface area contributed by atoms with Gasteiger partial charge in [0.05, 0.1) is 17.8 Å². The number of carbonyl (C=O) groups is 1. The topological polar surface area (TPSA) is 77.8 Å². The molecule has 35 heavy (non-hydrogen) atoms. The van der Waals surface area contributed by atoms with Crippen molar-refractivity contribution < 1.29 is 20.1 Å². The second kappa shape index (κ2) is 9.34. The molecule has 4 aliphatic rings. The number of aliphatic hydroxyl groups is 2. The SMILES string of the molecule is CC[C@H]1[C@@H](O)[C@@H]2[C@H](CC[C@]3(C)[C@@H](C/C=C/c4cccc(C(=O)O)c4)CC[C@@H]23)[C@@]2(C)CC[C@@H](O)C[C@@H]12. The Morgan fingerprint density at radius 3 is 2.51 bits per heavy atom. The summed E-state index contributed by atoms with van der Waals surface area (Å²) < 4.78 is 0. The molecule has 0 unspecified atom stereocenters. The first-order valence-corrected chi connectivity index (χ1v) is 14.0. The Morgan fingerprint density at radius 1 is 1.03 bits per heavy atom. The summed E-state index contributed by atoms with van der Waals surface area (Å²) in [6, 6.07) is 7.15. The Morgan fingerprint density at radius 2 is 1.77 bits per heavy atom. The summed E-state index contributed by atoms with van der Waals surface area (Å²) in [6.45, 7) is 7.23. The van der Waals surface area contributed by atoms with Crippen molar-refractivity contribution in [2.75, 3.05) is 0 Å². The van der Waals surface area contributed by atoms with E-state index in [4.69, 9.17) is 0 Å². The van der Waals surface area contributed by atoms with E-state index in [2.05, 4.69) is 32.9 Å². The molecule has 4 heteroatoms. The number of aromatic carboxylic acids is 1. The predicted octanol–water partition coefficient (Wildman–Crippen LogP) is 6.41. The van der Waals surface area contributed by atoms with Crippen LogP contribution >= 0.6 is 0 Å². The number of benzene rings is 1. The number of hydrogen-bond acceptors (Lipinski definition) is 3. The summed E-state index contributed by atoms with van der Waals surface area (Å²) in [7, 11) is 0. The summed E-state index contributed by atoms with van der Waals surface area (Å²) >= 11 is 0. The van der Waals surface area contributed by atoms with Crippen molar-refractivity contribution in [3.63, 3.8) is 0 Å². The molecule has 1 aromatic carbocycles. The molecular weight excluding hydrogens is 436 g/mol. The molecule has 192 valence electrons. The molecule has 0 aromatic heterocycles. The molecule has 4 aliphatic carbocycles. The van der Waals surface area contributed by atoms with E-state index in [1.807, 2.05) is 12.1 Å². The zero-order chi connectivity index (χ0) is 25.0. The molecule has 10 atom stereocenters. The van der Waals surface area contributed by atoms with Gasteiger partial charge in [-0.2, -0.15) is 0 Å². The van der Waals surface area contributed by atoms with Crippen LogP contribution in [0, 0.1) is 46.3 Å². The van der Waals surface area contributed by atoms with Gasteiger partial charge in [0.1, 0.15) is 0 Å². The molecule has 0 heterocycles. The van der Waals surface area contributed by atoms with Crippen LogP contribution in [0.25, 0.3) is 6.08 Å². The van der Waals surface area contributed by atoms with Gasteiger partial charge in [-0.1, -0.05) is 51.5 Å². The zero-order valence-electron chi connectivity index (χ0n) is 21.7. The lowest BCUT2D eigenvalue weighted by Gasteiger charge is -2.64. The predicted molar refractivity (Wildman–Crippen MR) is 139 cm³/mol. The van der Waals surface area contributed by atoms with Crippen molar-refractivity contribution in [1.29, 1.82) is 0 Å². The molecule has 3 N–H and O–H groups in total. The molecule has 0 aliphatic heterocycles. The molecule has 0 amide bonds. The van der Waals surface area contributed by atoms with Crippen LogP contribution in [0.15, 0.2) is 30.3 Å². The minimum absolute atomic E-state index is 0.196. The summed E-state index contributed by atoms with van der Waals surface area (Å²) in [5.41, 5.74) is 1.78. The van der Waals surface area contributed by atoms with Crippen LogP contribution in [0.4, 0.5) is 0 Å². The van der Waals surface area contributed by atoms with Crippen LogP contribution in [0.5, 0.6) is 0 Å². The first kappa shape index (κ1) is 25.0. The summed E-state index contributed by atoms with van der Waals surface area (Å²) in [6.07, 6.45) is 13.7. The van der Waals surface area contributed by atoms with Crippen LogP contribution in [-0.4, -0.2) is 33.5 Å². The van der Waals surface area contributed by atoms with Crippen LogP contribution in [-0.2, 0) is 0 Å². The van der Waals surface area contributed by atoms with Crippen LogP contribution in [0.3, 0.4) is 0 Å². The number of allylic oxidation sites excluding steroid dienone is 1. The molecule has 0 saturated heterocycles. The Hall–Kier alpha value is -1.65. The number of aliphatic hydroxyl groups excluding tert-OH is 2. The summed E-state index contributed by atoms with van der Waals surface area (Å²) in [4.78, 5) is 11.3. The van der Waals surface area contributed by atoms with Gasteiger partial charge in [-0.05, 0) is 115 Å². The van der Waals surface area contributed by atoms with Crippen molar-refractivity contribution >= 4 is 12.0 Å². The molecule has 4 fully saturated rings. The molecule has 0 spiro atoms. The van der Waals surface area contributed by atoms with Gasteiger partial charge >= 0.3 is 5.97 Å². The van der Waals surface area contributed by atoms with Crippen molar-refractivity contribution in [3.05, 3.63) is 41.5 Å². The lowest BCUT2D eigenvalue weighted by molar-refractivity contribution is -0.202. The maximum Gasteiger partial charge on any atom is 0.335 e. The Labute approximate surface area is 210 Å². The quantitative estimate of drug-likeness (QED) is 0.455. The van der Waals surface area contributed by atoms with Crippen LogP contribution in [0.1, 0.15) is 94.5 Å². The largest absolute Gasteiger partial charge is 0.478 e. The molecule has 0 radical (unpaired) electrons. The normalized spacial score (nSPS) is 45.1. The van der Waals surface area contributed by atoms with E-state index in [1.54, 1.807) is 12.1 Å². The number of rotatable bonds is 5. The smallest absolute Gasteiger partial charge is 0.335 e. The summed E-state index contributed by atoms with van der Waals surface area (Å²) in [5.74, 6) is 2.00. The molecule has 4 nitrogen and oxygen atoms in total. The molecular formula is C31H44O4. The Balaban J connectivity index is 1.35. The zero-order valence-corrected chi connectivity index (χ0v) is 21.7. The van der Waals surface area contributed by atoms with Crippen molar-refractivity contribution in [2.24, 2.45) is 46.3 Å². The van der Waals surface area contributed by atoms with Gasteiger partial charge in [0, 0.05) is 0 Å². The highest BCUT2D eigenvalue weighted by molar-refractivity contribution is 5.88. The maximum absolute atomic E-state index is 11.8. The fourth-order valence-corrected chi connectivity index (χ4v) is 9.60. The van der Waals surface area contributed by atoms with E-state index >= 15 is 0 Å². The van der Waals surface area contributed by atoms with E-state index in [-0.39, 0.29) is 23.0 Å². The van der Waals surface area contributed by atoms with Crippen LogP contribution in [0.2, 0.25) is 0 Å². The maximum atomic E-state index is 11.8. The molecule has 4 saturated carbocycles. The fraction of sp³-hybridized carbons (Fsp3) is 0.710. The van der Waals surface area contributed by atoms with Gasteiger partial charge in [0.2, 0.25) is 0 Å². The average molecular weight is 481 g/mol. The van der Waals surface area contributed by atoms with E-state index in [9.17, 15) is 20.1 Å². The monoisotopic (exact) mass is 480 g/mol. The molecule has 5 rings (SSSR count). The average Bonchev–Trinajstić information content (AvgIpc) is 3.17. The highest BCUT2D eigenvalue weighted by Gasteiger charge is 2.64. The van der Waals surface area contributed by atoms with E-state index < -0.39 is 5.97 Å². The standard InChI is InChI=1S/C31H44O4/c1-4-23-26-18-22(32)13-15-31(26,3)25-14-16-30(2)21(11-12-24(30)27(25)28(23)33)10-6-8-19-7-5-9-20(17-19)29(34)35/h5-9,17,21-28,32-33H,4,10-16,18H2,1-3H3,(H,34,35)/b8-6+/t21-,22+,23+,24-,25-,26-,27-,28+,30+,31+/m0/s1. The van der Waals surface area contributed by atoms with Gasteiger partial charge in [-0.25, -0.2) is 4.79 Å². The minimum atomic E-state index is -0.886. The van der Waals surface area contributed by atoms with Gasteiger partial charge in [-0.15, -0.1) is 0 Å². The Bertz CT molecular complexity index is 970. The van der Waals surface area contributed by atoms with Gasteiger partial charge in [0.15, 0.2) is 0 Å². The lowest BCUT2D eigenvalue weighted by atomic mass is 9.41. The van der Waals surface area contributed by atoms with Crippen molar-refractivity contribution in [1.82, 2.24) is 0 Å². The third kappa shape index (κ3) is 4.09. The summed E-state index contributed by atoms with van der Waals surface area (Å²) in [5, 5.41) is 31.5. The highest BCUT2D eigenvalue weighted by atomic mass is 16.4. The van der Waals surface area contributed by atoms with E-state index in [1.165, 1.54) is 25.7 Å². The molecule has 0 bridgehead atoms. The second-order valence-electron chi connectivity index (χ2n) is 12.8. The van der Waals surface area contributed by atoms with E-state index in [0.717, 1.165) is 37.7 Å². The second-order valence-corrected chi connectivity index (χ2v) is 12.8. The van der Waals surface area contributed by atoms with Gasteiger partial charge in [-0.3, -0.25) is 0 Å². The first-order chi connectivity index (χ1) is 16.7. The highest BCUT2D eigenvalue weighted by Crippen LogP contribution is 2.69. The number of fused-ring (bicyclic) bond motifs is 5. The number of carboxylic acids is 1. The third-order valence-corrected chi connectivity index (χ3v) is 11.5. The lowest BCUT2D eigenvalue weighted by Crippen LogP contribution is -2.62. The van der Waals surface area contributed by atoms with Crippen molar-refractivity contribution in [2.45, 2.75) is 90.8 Å². The van der Waals surface area contributed by atoms with Gasteiger partial charge in [0.25, 0.3) is 0 Å². The molecule has 1 aromatic rings. The van der Waals surface area contributed by atoms with Crippen molar-refractivity contribution in [3.8, 4) is 0 Å². The third-order valence-electron chi connectivity index (χ3n) is 11.5. The van der Waals surface area contributed by atoms with E-state index in [0.29, 0.717) is 41.1 Å². The fourth-order valence-electron chi connectivity index (χ4n) is 9.60. The first-order valence-electron chi connectivity index (χ1n) is 14.0.